The van der Waals surface area contributed by atoms with E-state index < -0.39 is 5.82 Å². The number of carbonyl (C=O) groups excluding carboxylic acids is 1. The number of aromatic nitrogens is 2. The molecular formula is C12H10FIN4OS. The van der Waals surface area contributed by atoms with E-state index in [2.05, 4.69) is 10.4 Å². The van der Waals surface area contributed by atoms with Crippen LogP contribution >= 0.6 is 34.8 Å². The maximum Gasteiger partial charge on any atom is 0.257 e. The number of nitrogens with one attached hydrogen (secondary N) is 1. The average Bonchev–Trinajstić information content (AvgIpc) is 2.71. The molecule has 1 heterocycles. The summed E-state index contributed by atoms with van der Waals surface area (Å²) in [4.78, 5) is 12.3. The first-order chi connectivity index (χ1) is 9.40. The highest BCUT2D eigenvalue weighted by Gasteiger charge is 2.16. The van der Waals surface area contributed by atoms with Crippen molar-refractivity contribution in [1.29, 1.82) is 0 Å². The van der Waals surface area contributed by atoms with Gasteiger partial charge in [0.25, 0.3) is 5.91 Å². The molecule has 0 aliphatic rings. The monoisotopic (exact) mass is 404 g/mol. The van der Waals surface area contributed by atoms with Gasteiger partial charge in [-0.3, -0.25) is 9.48 Å². The van der Waals surface area contributed by atoms with Crippen LogP contribution in [-0.4, -0.2) is 20.7 Å². The molecule has 0 fully saturated rings. The highest BCUT2D eigenvalue weighted by molar-refractivity contribution is 14.1. The van der Waals surface area contributed by atoms with Crippen LogP contribution in [0.3, 0.4) is 0 Å². The number of hydrogen-bond acceptors (Lipinski definition) is 3. The highest BCUT2D eigenvalue weighted by Crippen LogP contribution is 2.18. The van der Waals surface area contributed by atoms with Gasteiger partial charge in [-0.15, -0.1) is 0 Å². The van der Waals surface area contributed by atoms with Crippen LogP contribution in [0.1, 0.15) is 15.9 Å². The van der Waals surface area contributed by atoms with E-state index >= 15 is 0 Å². The standard InChI is InChI=1S/C12H10FIN4OS/c1-18-11(8(5-16-18)10(15)20)17-12(19)7-3-2-6(13)4-9(7)14/h2-5H,1H3,(H2,15,20)(H,17,19). The Labute approximate surface area is 133 Å². The number of hydrogen-bond donors (Lipinski definition) is 2. The summed E-state index contributed by atoms with van der Waals surface area (Å²) in [7, 11) is 1.66. The molecular weight excluding hydrogens is 394 g/mol. The molecule has 0 radical (unpaired) electrons. The first-order valence-electron chi connectivity index (χ1n) is 5.48. The van der Waals surface area contributed by atoms with E-state index in [0.717, 1.165) is 0 Å². The lowest BCUT2D eigenvalue weighted by Crippen LogP contribution is -2.19. The fourth-order valence-electron chi connectivity index (χ4n) is 1.61. The van der Waals surface area contributed by atoms with Gasteiger partial charge in [-0.2, -0.15) is 5.10 Å². The number of rotatable bonds is 3. The van der Waals surface area contributed by atoms with Crippen LogP contribution in [0.5, 0.6) is 0 Å². The number of amides is 1. The van der Waals surface area contributed by atoms with E-state index in [-0.39, 0.29) is 10.9 Å². The fourth-order valence-corrected chi connectivity index (χ4v) is 2.49. The molecule has 3 N–H and O–H groups in total. The first-order valence-corrected chi connectivity index (χ1v) is 6.97. The molecule has 104 valence electrons. The zero-order chi connectivity index (χ0) is 14.9. The summed E-state index contributed by atoms with van der Waals surface area (Å²) in [5.41, 5.74) is 6.41. The maximum absolute atomic E-state index is 13.0. The Morgan fingerprint density at radius 1 is 1.50 bits per heavy atom. The fraction of sp³-hybridized carbons (Fsp3) is 0.0833. The molecule has 0 unspecified atom stereocenters. The third-order valence-corrected chi connectivity index (χ3v) is 3.72. The topological polar surface area (TPSA) is 72.9 Å². The highest BCUT2D eigenvalue weighted by atomic mass is 127. The lowest BCUT2D eigenvalue weighted by atomic mass is 10.2. The Balaban J connectivity index is 2.33. The van der Waals surface area contributed by atoms with Crippen molar-refractivity contribution in [3.8, 4) is 0 Å². The van der Waals surface area contributed by atoms with Crippen LogP contribution in [-0.2, 0) is 7.05 Å². The van der Waals surface area contributed by atoms with Crippen LogP contribution in [0.2, 0.25) is 0 Å². The molecule has 1 aromatic carbocycles. The van der Waals surface area contributed by atoms with E-state index in [1.54, 1.807) is 7.05 Å². The van der Waals surface area contributed by atoms with Gasteiger partial charge in [0.05, 0.1) is 17.3 Å². The quantitative estimate of drug-likeness (QED) is 0.607. The Hall–Kier alpha value is -1.55. The second-order valence-corrected chi connectivity index (χ2v) is 5.58. The minimum atomic E-state index is -0.393. The van der Waals surface area contributed by atoms with E-state index in [4.69, 9.17) is 18.0 Å². The molecule has 0 saturated heterocycles. The molecule has 20 heavy (non-hydrogen) atoms. The van der Waals surface area contributed by atoms with E-state index in [0.29, 0.717) is 20.5 Å². The molecule has 2 rings (SSSR count). The Morgan fingerprint density at radius 2 is 2.20 bits per heavy atom. The van der Waals surface area contributed by atoms with Crippen molar-refractivity contribution in [1.82, 2.24) is 9.78 Å². The lowest BCUT2D eigenvalue weighted by molar-refractivity contribution is 0.102. The summed E-state index contributed by atoms with van der Waals surface area (Å²) >= 11 is 6.80. The SMILES string of the molecule is Cn1ncc(C(N)=S)c1NC(=O)c1ccc(F)cc1I. The number of halogens is 2. The second kappa shape index (κ2) is 5.83. The summed E-state index contributed by atoms with van der Waals surface area (Å²) in [6.07, 6.45) is 1.48. The molecule has 5 nitrogen and oxygen atoms in total. The summed E-state index contributed by atoms with van der Waals surface area (Å²) in [5.74, 6) is -0.367. The minimum absolute atomic E-state index is 0.141. The number of nitrogens with two attached hydrogens (primary N) is 1. The van der Waals surface area contributed by atoms with E-state index in [1.165, 1.54) is 29.1 Å². The number of aryl methyl sites for hydroxylation is 1. The van der Waals surface area contributed by atoms with Gasteiger partial charge in [-0.1, -0.05) is 12.2 Å². The van der Waals surface area contributed by atoms with Crippen molar-refractivity contribution < 1.29 is 9.18 Å². The van der Waals surface area contributed by atoms with Crippen LogP contribution in [0.4, 0.5) is 10.2 Å². The smallest absolute Gasteiger partial charge is 0.257 e. The van der Waals surface area contributed by atoms with Crippen molar-refractivity contribution in [2.45, 2.75) is 0 Å². The predicted molar refractivity (Wildman–Crippen MR) is 86.2 cm³/mol. The average molecular weight is 404 g/mol. The number of benzene rings is 1. The van der Waals surface area contributed by atoms with Crippen molar-refractivity contribution in [2.75, 3.05) is 5.32 Å². The molecule has 8 heteroatoms. The first kappa shape index (κ1) is 14.9. The third-order valence-electron chi connectivity index (χ3n) is 2.61. The molecule has 0 atom stereocenters. The predicted octanol–water partition coefficient (Wildman–Crippen LogP) is 2.05. The zero-order valence-electron chi connectivity index (χ0n) is 10.4. The normalized spacial score (nSPS) is 10.3. The zero-order valence-corrected chi connectivity index (χ0v) is 13.3. The van der Waals surface area contributed by atoms with Gasteiger partial charge < -0.3 is 11.1 Å². The van der Waals surface area contributed by atoms with E-state index in [9.17, 15) is 9.18 Å². The summed E-state index contributed by atoms with van der Waals surface area (Å²) < 4.78 is 15.0. The van der Waals surface area contributed by atoms with Crippen LogP contribution in [0, 0.1) is 9.39 Å². The van der Waals surface area contributed by atoms with Crippen molar-refractivity contribution in [3.05, 3.63) is 44.9 Å². The summed E-state index contributed by atoms with van der Waals surface area (Å²) in [5, 5.41) is 6.68. The molecule has 1 aromatic heterocycles. The molecule has 2 aromatic rings. The van der Waals surface area contributed by atoms with Crippen molar-refractivity contribution >= 4 is 51.5 Å². The Morgan fingerprint density at radius 3 is 2.80 bits per heavy atom. The van der Waals surface area contributed by atoms with Crippen molar-refractivity contribution in [3.63, 3.8) is 0 Å². The molecule has 0 saturated carbocycles. The number of carbonyl (C=O) groups is 1. The minimum Gasteiger partial charge on any atom is -0.389 e. The van der Waals surface area contributed by atoms with Gasteiger partial charge in [0, 0.05) is 10.6 Å². The number of anilines is 1. The van der Waals surface area contributed by atoms with Gasteiger partial charge >= 0.3 is 0 Å². The van der Waals surface area contributed by atoms with Crippen molar-refractivity contribution in [2.24, 2.45) is 12.8 Å². The largest absolute Gasteiger partial charge is 0.389 e. The maximum atomic E-state index is 13.0. The second-order valence-electron chi connectivity index (χ2n) is 3.97. The molecule has 0 aliphatic carbocycles. The summed E-state index contributed by atoms with van der Waals surface area (Å²) in [6, 6.07) is 3.94. The van der Waals surface area contributed by atoms with E-state index in [1.807, 2.05) is 22.6 Å². The molecule has 0 aliphatic heterocycles. The van der Waals surface area contributed by atoms with Crippen LogP contribution < -0.4 is 11.1 Å². The van der Waals surface area contributed by atoms with Crippen LogP contribution in [0.25, 0.3) is 0 Å². The van der Waals surface area contributed by atoms with Gasteiger partial charge in [-0.25, -0.2) is 4.39 Å². The molecule has 0 bridgehead atoms. The number of thiocarbonyl (C=S) groups is 1. The van der Waals surface area contributed by atoms with Gasteiger partial charge in [0.1, 0.15) is 16.6 Å². The lowest BCUT2D eigenvalue weighted by Gasteiger charge is -2.09. The van der Waals surface area contributed by atoms with Gasteiger partial charge in [0.15, 0.2) is 0 Å². The third kappa shape index (κ3) is 2.96. The van der Waals surface area contributed by atoms with Gasteiger partial charge in [0.2, 0.25) is 0 Å². The summed E-state index contributed by atoms with van der Waals surface area (Å²) in [6.45, 7) is 0. The Kier molecular flexibility index (Phi) is 4.33. The number of nitrogens with zero attached hydrogens (tertiary/aromatic N) is 2. The molecule has 1 amide bonds. The van der Waals surface area contributed by atoms with Crippen LogP contribution in [0.15, 0.2) is 24.4 Å². The van der Waals surface area contributed by atoms with Gasteiger partial charge in [-0.05, 0) is 40.8 Å². The molecule has 0 spiro atoms. The Bertz CT molecular complexity index is 701.